The second-order valence-electron chi connectivity index (χ2n) is 2.62. The lowest BCUT2D eigenvalue weighted by molar-refractivity contribution is 0.197. The van der Waals surface area contributed by atoms with Gasteiger partial charge in [0, 0.05) is 0 Å². The molecule has 11 heavy (non-hydrogen) atoms. The normalized spacial score (nSPS) is 10.0. The van der Waals surface area contributed by atoms with E-state index in [9.17, 15) is 5.11 Å². The molecule has 1 radical (unpaired) electrons. The van der Waals surface area contributed by atoms with Gasteiger partial charge < -0.3 is 0 Å². The van der Waals surface area contributed by atoms with Crippen LogP contribution >= 0.6 is 0 Å². The Kier molecular flexibility index (Phi) is 3.12. The van der Waals surface area contributed by atoms with E-state index in [4.69, 9.17) is 0 Å². The van der Waals surface area contributed by atoms with E-state index in [-0.39, 0.29) is 6.61 Å². The highest BCUT2D eigenvalue weighted by Crippen LogP contribution is 2.04. The third-order valence-electron chi connectivity index (χ3n) is 1.82. The van der Waals surface area contributed by atoms with E-state index in [1.807, 2.05) is 12.1 Å². The Morgan fingerprint density at radius 3 is 2.09 bits per heavy atom. The van der Waals surface area contributed by atoms with Crippen molar-refractivity contribution in [2.75, 3.05) is 6.61 Å². The molecule has 0 heterocycles. The number of rotatable bonds is 3. The van der Waals surface area contributed by atoms with Crippen molar-refractivity contribution >= 4 is 0 Å². The van der Waals surface area contributed by atoms with Crippen molar-refractivity contribution < 1.29 is 5.11 Å². The minimum absolute atomic E-state index is 0.00846. The molecule has 0 aromatic heterocycles. The van der Waals surface area contributed by atoms with Gasteiger partial charge in [0.15, 0.2) is 0 Å². The average molecular weight is 149 g/mol. The molecule has 0 saturated heterocycles. The van der Waals surface area contributed by atoms with Crippen LogP contribution in [-0.4, -0.2) is 6.61 Å². The molecule has 0 bridgehead atoms. The lowest BCUT2D eigenvalue weighted by Gasteiger charge is -1.98. The topological polar surface area (TPSA) is 19.9 Å². The first kappa shape index (κ1) is 8.28. The first-order valence-electron chi connectivity index (χ1n) is 4.02. The second-order valence-corrected chi connectivity index (χ2v) is 2.62. The third kappa shape index (κ3) is 2.35. The molecule has 0 amide bonds. The minimum atomic E-state index is -0.00846. The molecule has 0 saturated carbocycles. The summed E-state index contributed by atoms with van der Waals surface area (Å²) < 4.78 is 0. The molecular formula is C10H13O. The van der Waals surface area contributed by atoms with E-state index < -0.39 is 0 Å². The molecule has 0 N–H and O–H groups in total. The predicted octanol–water partition coefficient (Wildman–Crippen LogP) is 2.22. The Labute approximate surface area is 67.7 Å². The number of hydrogen-bond acceptors (Lipinski definition) is 0. The first-order chi connectivity index (χ1) is 5.36. The van der Waals surface area contributed by atoms with Gasteiger partial charge in [0.1, 0.15) is 0 Å². The highest BCUT2D eigenvalue weighted by molar-refractivity contribution is 5.22. The molecule has 0 spiro atoms. The Balaban J connectivity index is 2.66. The maximum Gasteiger partial charge on any atom is 0.0862 e. The molecule has 1 aromatic carbocycles. The lowest BCUT2D eigenvalue weighted by Crippen LogP contribution is -1.89. The zero-order valence-corrected chi connectivity index (χ0v) is 6.84. The zero-order valence-electron chi connectivity index (χ0n) is 6.84. The van der Waals surface area contributed by atoms with Gasteiger partial charge in [-0.05, 0) is 24.0 Å². The SMILES string of the molecule is CCc1ccc(CC[O])cc1. The fraction of sp³-hybridized carbons (Fsp3) is 0.400. The predicted molar refractivity (Wildman–Crippen MR) is 45.1 cm³/mol. The summed E-state index contributed by atoms with van der Waals surface area (Å²) >= 11 is 0. The molecule has 0 unspecified atom stereocenters. The van der Waals surface area contributed by atoms with Crippen LogP contribution in [0.3, 0.4) is 0 Å². The van der Waals surface area contributed by atoms with E-state index >= 15 is 0 Å². The summed E-state index contributed by atoms with van der Waals surface area (Å²) in [5, 5.41) is 10.3. The van der Waals surface area contributed by atoms with Crippen LogP contribution in [-0.2, 0) is 17.9 Å². The maximum atomic E-state index is 10.3. The van der Waals surface area contributed by atoms with Crippen LogP contribution in [0, 0.1) is 0 Å². The molecule has 1 rings (SSSR count). The molecule has 0 aliphatic rings. The number of hydrogen-bond donors (Lipinski definition) is 0. The van der Waals surface area contributed by atoms with Crippen molar-refractivity contribution in [3.8, 4) is 0 Å². The van der Waals surface area contributed by atoms with E-state index in [2.05, 4.69) is 19.1 Å². The molecule has 0 fully saturated rings. The summed E-state index contributed by atoms with van der Waals surface area (Å²) in [7, 11) is 0. The van der Waals surface area contributed by atoms with Crippen LogP contribution in [0.4, 0.5) is 0 Å². The monoisotopic (exact) mass is 149 g/mol. The smallest absolute Gasteiger partial charge is 0.0862 e. The summed E-state index contributed by atoms with van der Waals surface area (Å²) in [6, 6.07) is 8.25. The molecule has 59 valence electrons. The molecule has 0 aliphatic carbocycles. The van der Waals surface area contributed by atoms with Gasteiger partial charge in [0.2, 0.25) is 0 Å². The summed E-state index contributed by atoms with van der Waals surface area (Å²) in [6.07, 6.45) is 1.72. The van der Waals surface area contributed by atoms with Crippen molar-refractivity contribution in [3.05, 3.63) is 35.4 Å². The van der Waals surface area contributed by atoms with Crippen LogP contribution in [0.2, 0.25) is 0 Å². The zero-order chi connectivity index (χ0) is 8.10. The standard InChI is InChI=1S/C10H13O/c1-2-9-3-5-10(6-4-9)7-8-11/h3-6H,2,7-8H2,1H3. The summed E-state index contributed by atoms with van der Waals surface area (Å²) in [5.41, 5.74) is 2.48. The highest BCUT2D eigenvalue weighted by Gasteiger charge is 1.91. The summed E-state index contributed by atoms with van der Waals surface area (Å²) in [4.78, 5) is 0. The summed E-state index contributed by atoms with van der Waals surface area (Å²) in [5.74, 6) is 0. The minimum Gasteiger partial charge on any atom is -0.236 e. The van der Waals surface area contributed by atoms with Crippen molar-refractivity contribution in [3.63, 3.8) is 0 Å². The van der Waals surface area contributed by atoms with Crippen LogP contribution in [0.25, 0.3) is 0 Å². The third-order valence-corrected chi connectivity index (χ3v) is 1.82. The van der Waals surface area contributed by atoms with E-state index in [0.29, 0.717) is 6.42 Å². The van der Waals surface area contributed by atoms with Gasteiger partial charge in [0.05, 0.1) is 6.61 Å². The Hall–Kier alpha value is -0.820. The second kappa shape index (κ2) is 4.14. The Morgan fingerprint density at radius 2 is 1.64 bits per heavy atom. The van der Waals surface area contributed by atoms with Crippen LogP contribution in [0.15, 0.2) is 24.3 Å². The van der Waals surface area contributed by atoms with Crippen molar-refractivity contribution in [2.24, 2.45) is 0 Å². The van der Waals surface area contributed by atoms with Gasteiger partial charge >= 0.3 is 0 Å². The fourth-order valence-corrected chi connectivity index (χ4v) is 1.06. The van der Waals surface area contributed by atoms with E-state index in [1.165, 1.54) is 5.56 Å². The van der Waals surface area contributed by atoms with Crippen molar-refractivity contribution in [1.29, 1.82) is 0 Å². The van der Waals surface area contributed by atoms with Gasteiger partial charge in [-0.3, -0.25) is 0 Å². The maximum absolute atomic E-state index is 10.3. The quantitative estimate of drug-likeness (QED) is 0.628. The first-order valence-corrected chi connectivity index (χ1v) is 4.02. The number of aryl methyl sites for hydroxylation is 1. The molecule has 0 atom stereocenters. The van der Waals surface area contributed by atoms with Gasteiger partial charge in [-0.25, -0.2) is 5.11 Å². The highest BCUT2D eigenvalue weighted by atomic mass is 16.2. The van der Waals surface area contributed by atoms with Gasteiger partial charge in [-0.15, -0.1) is 0 Å². The molecule has 0 aliphatic heterocycles. The summed E-state index contributed by atoms with van der Waals surface area (Å²) in [6.45, 7) is 2.12. The largest absolute Gasteiger partial charge is 0.236 e. The van der Waals surface area contributed by atoms with Gasteiger partial charge in [-0.1, -0.05) is 31.2 Å². The Morgan fingerprint density at radius 1 is 1.09 bits per heavy atom. The van der Waals surface area contributed by atoms with E-state index in [1.54, 1.807) is 0 Å². The lowest BCUT2D eigenvalue weighted by atomic mass is 10.1. The van der Waals surface area contributed by atoms with Crippen molar-refractivity contribution in [2.45, 2.75) is 19.8 Å². The van der Waals surface area contributed by atoms with Gasteiger partial charge in [-0.2, -0.15) is 0 Å². The van der Waals surface area contributed by atoms with E-state index in [0.717, 1.165) is 12.0 Å². The molecule has 1 aromatic rings. The van der Waals surface area contributed by atoms with Crippen LogP contribution < -0.4 is 0 Å². The van der Waals surface area contributed by atoms with Crippen molar-refractivity contribution in [1.82, 2.24) is 0 Å². The Bertz CT molecular complexity index is 201. The van der Waals surface area contributed by atoms with Gasteiger partial charge in [0.25, 0.3) is 0 Å². The molecule has 1 heteroatoms. The number of benzene rings is 1. The molecule has 1 nitrogen and oxygen atoms in total. The van der Waals surface area contributed by atoms with Crippen LogP contribution in [0.1, 0.15) is 18.1 Å². The molecular weight excluding hydrogens is 136 g/mol. The fourth-order valence-electron chi connectivity index (χ4n) is 1.06. The average Bonchev–Trinajstić information content (AvgIpc) is 2.07. The van der Waals surface area contributed by atoms with Crippen LogP contribution in [0.5, 0.6) is 0 Å².